The van der Waals surface area contributed by atoms with Crippen molar-refractivity contribution in [3.63, 3.8) is 0 Å². The zero-order valence-electron chi connectivity index (χ0n) is 15.7. The molecule has 0 aliphatic heterocycles. The monoisotopic (exact) mass is 376 g/mol. The van der Waals surface area contributed by atoms with Gasteiger partial charge in [0.2, 0.25) is 0 Å². The Bertz CT molecular complexity index is 506. The van der Waals surface area contributed by atoms with Crippen LogP contribution in [0.4, 0.5) is 4.79 Å². The maximum absolute atomic E-state index is 12.9. The minimum absolute atomic E-state index is 0.00719. The number of hydrogen-bond donors (Lipinski definition) is 2. The molecule has 0 aromatic carbocycles. The van der Waals surface area contributed by atoms with E-state index >= 15 is 0 Å². The third kappa shape index (κ3) is 5.17. The molecule has 0 aliphatic rings. The van der Waals surface area contributed by atoms with Gasteiger partial charge >= 0.3 is 24.1 Å². The van der Waals surface area contributed by atoms with Crippen LogP contribution in [0.15, 0.2) is 0 Å². The van der Waals surface area contributed by atoms with Crippen LogP contribution in [0.1, 0.15) is 58.8 Å². The molecule has 9 heteroatoms. The van der Waals surface area contributed by atoms with Crippen molar-refractivity contribution in [1.29, 1.82) is 0 Å². The van der Waals surface area contributed by atoms with Crippen LogP contribution in [0.5, 0.6) is 0 Å². The summed E-state index contributed by atoms with van der Waals surface area (Å²) in [6.07, 6.45) is -0.200. The van der Waals surface area contributed by atoms with E-state index in [2.05, 4.69) is 9.47 Å². The van der Waals surface area contributed by atoms with Crippen LogP contribution in [0, 0.1) is 5.41 Å². The minimum atomic E-state index is -2.38. The Morgan fingerprint density at radius 2 is 1.42 bits per heavy atom. The van der Waals surface area contributed by atoms with Gasteiger partial charge in [-0.15, -0.1) is 0 Å². The van der Waals surface area contributed by atoms with Crippen LogP contribution in [-0.2, 0) is 28.6 Å². The van der Waals surface area contributed by atoms with E-state index in [-0.39, 0.29) is 12.8 Å². The molecule has 0 aliphatic carbocycles. The highest BCUT2D eigenvalue weighted by Crippen LogP contribution is 2.47. The van der Waals surface area contributed by atoms with Crippen LogP contribution >= 0.6 is 0 Å². The molecule has 0 saturated heterocycles. The Morgan fingerprint density at radius 1 is 0.923 bits per heavy atom. The van der Waals surface area contributed by atoms with Crippen LogP contribution < -0.4 is 0 Å². The topological polar surface area (TPSA) is 136 Å². The van der Waals surface area contributed by atoms with Gasteiger partial charge in [-0.1, -0.05) is 39.5 Å². The van der Waals surface area contributed by atoms with Crippen LogP contribution in [0.2, 0.25) is 0 Å². The fourth-order valence-corrected chi connectivity index (χ4v) is 3.09. The lowest BCUT2D eigenvalue weighted by atomic mass is 9.64. The van der Waals surface area contributed by atoms with E-state index in [1.807, 2.05) is 13.8 Å². The van der Waals surface area contributed by atoms with Gasteiger partial charge in [0.25, 0.3) is 0 Å². The Kier molecular flexibility index (Phi) is 9.85. The molecule has 0 bridgehead atoms. The fraction of sp³-hybridized carbons (Fsp3) is 0.765. The minimum Gasteiger partial charge on any atom is -0.481 e. The van der Waals surface area contributed by atoms with Gasteiger partial charge in [0.1, 0.15) is 5.41 Å². The lowest BCUT2D eigenvalue weighted by Gasteiger charge is -2.44. The first kappa shape index (κ1) is 23.8. The number of carbonyl (C=O) groups excluding carboxylic acids is 2. The summed E-state index contributed by atoms with van der Waals surface area (Å²) in [5, 5.41) is 19.1. The fourth-order valence-electron chi connectivity index (χ4n) is 3.09. The molecule has 0 amide bonds. The highest BCUT2D eigenvalue weighted by Gasteiger charge is 2.63. The maximum atomic E-state index is 12.9. The van der Waals surface area contributed by atoms with E-state index in [1.165, 1.54) is 0 Å². The molecule has 26 heavy (non-hydrogen) atoms. The lowest BCUT2D eigenvalue weighted by Crippen LogP contribution is -2.61. The molecule has 0 spiro atoms. The number of carboxylic acids is 2. The number of ether oxygens (including phenoxy) is 3. The highest BCUT2D eigenvalue weighted by molar-refractivity contribution is 5.95. The quantitative estimate of drug-likeness (QED) is 0.389. The summed E-state index contributed by atoms with van der Waals surface area (Å²) in [5.74, 6) is -4.20. The first-order valence-corrected chi connectivity index (χ1v) is 8.48. The highest BCUT2D eigenvalue weighted by atomic mass is 16.7. The summed E-state index contributed by atoms with van der Waals surface area (Å²) >= 11 is 0. The van der Waals surface area contributed by atoms with Gasteiger partial charge in [0.05, 0.1) is 13.5 Å². The molecule has 150 valence electrons. The van der Waals surface area contributed by atoms with Gasteiger partial charge in [-0.25, -0.2) is 9.59 Å². The summed E-state index contributed by atoms with van der Waals surface area (Å²) in [6, 6.07) is 0. The zero-order valence-corrected chi connectivity index (χ0v) is 15.7. The molecule has 0 radical (unpaired) electrons. The maximum Gasteiger partial charge on any atom is 0.515 e. The molecule has 1 unspecified atom stereocenters. The number of unbranched alkanes of at least 4 members (excludes halogenated alkanes) is 2. The van der Waals surface area contributed by atoms with E-state index in [0.29, 0.717) is 25.7 Å². The Labute approximate surface area is 152 Å². The molecule has 0 aromatic rings. The first-order chi connectivity index (χ1) is 12.2. The molecule has 0 rings (SSSR count). The summed E-state index contributed by atoms with van der Waals surface area (Å²) in [7, 11) is 2.04. The molecular formula is C17H28O9. The van der Waals surface area contributed by atoms with Crippen molar-refractivity contribution in [3.8, 4) is 0 Å². The number of carboxylic acid groups (broad SMARTS) is 2. The molecular weight excluding hydrogens is 348 g/mol. The molecule has 2 N–H and O–H groups in total. The van der Waals surface area contributed by atoms with Crippen molar-refractivity contribution < 1.29 is 43.6 Å². The second-order valence-electron chi connectivity index (χ2n) is 6.04. The SMILES string of the molecule is CCCCC(CCCC)(C(=O)OC(=O)OC)C(CC(=O)O)(OC)C(=O)O. The molecule has 0 heterocycles. The smallest absolute Gasteiger partial charge is 0.481 e. The third-order valence-electron chi connectivity index (χ3n) is 4.51. The molecule has 9 nitrogen and oxygen atoms in total. The van der Waals surface area contributed by atoms with Crippen LogP contribution in [0.3, 0.4) is 0 Å². The van der Waals surface area contributed by atoms with Gasteiger partial charge in [0, 0.05) is 7.11 Å². The molecule has 0 fully saturated rings. The van der Waals surface area contributed by atoms with Gasteiger partial charge in [0.15, 0.2) is 5.60 Å². The summed E-state index contributed by atoms with van der Waals surface area (Å²) < 4.78 is 14.2. The van der Waals surface area contributed by atoms with Crippen molar-refractivity contribution >= 4 is 24.1 Å². The second-order valence-corrected chi connectivity index (χ2v) is 6.04. The predicted molar refractivity (Wildman–Crippen MR) is 89.6 cm³/mol. The summed E-state index contributed by atoms with van der Waals surface area (Å²) in [5.41, 5.74) is -4.24. The van der Waals surface area contributed by atoms with Gasteiger partial charge in [-0.2, -0.15) is 0 Å². The zero-order chi connectivity index (χ0) is 20.4. The summed E-state index contributed by atoms with van der Waals surface area (Å²) in [6.45, 7) is 3.67. The van der Waals surface area contributed by atoms with Gasteiger partial charge < -0.3 is 24.4 Å². The van der Waals surface area contributed by atoms with Gasteiger partial charge in [-0.05, 0) is 12.8 Å². The van der Waals surface area contributed by atoms with E-state index in [9.17, 15) is 29.4 Å². The van der Waals surface area contributed by atoms with E-state index in [1.54, 1.807) is 0 Å². The standard InChI is InChI=1S/C17H28O9/c1-5-7-9-16(10-8-6-2,14(22)26-15(23)24-3)17(25-4,13(20)21)11-12(18)19/h5-11H2,1-4H3,(H,18,19)(H,20,21). The Hall–Kier alpha value is -2.16. The van der Waals surface area contributed by atoms with Crippen molar-refractivity contribution in [2.24, 2.45) is 5.41 Å². The molecule has 1 atom stereocenters. The number of rotatable bonds is 12. The molecule has 0 aromatic heterocycles. The van der Waals surface area contributed by atoms with Crippen molar-refractivity contribution in [2.45, 2.75) is 64.4 Å². The van der Waals surface area contributed by atoms with E-state index in [0.717, 1.165) is 14.2 Å². The number of carbonyl (C=O) groups is 4. The number of hydrogen-bond acceptors (Lipinski definition) is 7. The Balaban J connectivity index is 6.47. The average Bonchev–Trinajstić information content (AvgIpc) is 2.59. The van der Waals surface area contributed by atoms with Crippen molar-refractivity contribution in [3.05, 3.63) is 0 Å². The first-order valence-electron chi connectivity index (χ1n) is 8.48. The second kappa shape index (κ2) is 10.7. The van der Waals surface area contributed by atoms with E-state index < -0.39 is 41.5 Å². The van der Waals surface area contributed by atoms with Crippen molar-refractivity contribution in [1.82, 2.24) is 0 Å². The van der Waals surface area contributed by atoms with Crippen LogP contribution in [0.25, 0.3) is 0 Å². The largest absolute Gasteiger partial charge is 0.515 e. The van der Waals surface area contributed by atoms with Crippen LogP contribution in [-0.4, -0.2) is 54.1 Å². The third-order valence-corrected chi connectivity index (χ3v) is 4.51. The normalized spacial score (nSPS) is 13.5. The summed E-state index contributed by atoms with van der Waals surface area (Å²) in [4.78, 5) is 47.8. The number of methoxy groups -OCH3 is 2. The molecule has 0 saturated carbocycles. The van der Waals surface area contributed by atoms with Crippen molar-refractivity contribution in [2.75, 3.05) is 14.2 Å². The predicted octanol–water partition coefficient (Wildman–Crippen LogP) is 2.61. The Morgan fingerprint density at radius 3 is 1.73 bits per heavy atom. The average molecular weight is 376 g/mol. The lowest BCUT2D eigenvalue weighted by molar-refractivity contribution is -0.203. The van der Waals surface area contributed by atoms with Gasteiger partial charge in [-0.3, -0.25) is 9.59 Å². The van der Waals surface area contributed by atoms with E-state index in [4.69, 9.17) is 4.74 Å². The number of esters is 1. The number of aliphatic carboxylic acids is 2.